The zero-order chi connectivity index (χ0) is 16.4. The van der Waals surface area contributed by atoms with Gasteiger partial charge >= 0.3 is 6.09 Å². The third-order valence-electron chi connectivity index (χ3n) is 3.79. The molecule has 1 aliphatic carbocycles. The topological polar surface area (TPSA) is 50.4 Å². The molecule has 4 nitrogen and oxygen atoms in total. The maximum absolute atomic E-state index is 12.0. The summed E-state index contributed by atoms with van der Waals surface area (Å²) < 4.78 is 5.41. The smallest absolute Gasteiger partial charge is 0.407 e. The van der Waals surface area contributed by atoms with Gasteiger partial charge in [0.1, 0.15) is 5.60 Å². The standard InChI is InChI=1S/C17H34N2O2S/c1-5-22-13-9-12-18-14-10-7-6-8-11-15(14)19-16(20)21-17(2,3)4/h14-15,18H,5-13H2,1-4H3,(H,19,20). The van der Waals surface area contributed by atoms with Crippen LogP contribution in [0.2, 0.25) is 0 Å². The lowest BCUT2D eigenvalue weighted by Crippen LogP contribution is -2.50. The van der Waals surface area contributed by atoms with E-state index in [1.807, 2.05) is 32.5 Å². The van der Waals surface area contributed by atoms with Crippen molar-refractivity contribution in [1.29, 1.82) is 0 Å². The second-order valence-corrected chi connectivity index (χ2v) is 8.40. The van der Waals surface area contributed by atoms with Crippen molar-refractivity contribution >= 4 is 17.9 Å². The number of hydrogen-bond acceptors (Lipinski definition) is 4. The van der Waals surface area contributed by atoms with Crippen LogP contribution >= 0.6 is 11.8 Å². The van der Waals surface area contributed by atoms with Gasteiger partial charge in [-0.15, -0.1) is 0 Å². The van der Waals surface area contributed by atoms with Crippen LogP contribution in [0.3, 0.4) is 0 Å². The first-order chi connectivity index (χ1) is 10.4. The number of ether oxygens (including phenoxy) is 1. The van der Waals surface area contributed by atoms with Gasteiger partial charge in [0.15, 0.2) is 0 Å². The maximum Gasteiger partial charge on any atom is 0.407 e. The summed E-state index contributed by atoms with van der Waals surface area (Å²) in [5.74, 6) is 2.40. The van der Waals surface area contributed by atoms with Crippen molar-refractivity contribution in [2.24, 2.45) is 0 Å². The molecule has 1 amide bonds. The largest absolute Gasteiger partial charge is 0.444 e. The number of carbonyl (C=O) groups excluding carboxylic acids is 1. The Bertz CT molecular complexity index is 318. The molecule has 1 saturated carbocycles. The predicted octanol–water partition coefficient (Wildman–Crippen LogP) is 3.95. The molecule has 2 N–H and O–H groups in total. The van der Waals surface area contributed by atoms with E-state index in [-0.39, 0.29) is 12.1 Å². The molecule has 22 heavy (non-hydrogen) atoms. The van der Waals surface area contributed by atoms with Crippen LogP contribution in [-0.2, 0) is 4.74 Å². The summed E-state index contributed by atoms with van der Waals surface area (Å²) in [6, 6.07) is 0.567. The van der Waals surface area contributed by atoms with Gasteiger partial charge in [0.25, 0.3) is 0 Å². The Morgan fingerprint density at radius 2 is 1.86 bits per heavy atom. The van der Waals surface area contributed by atoms with E-state index < -0.39 is 5.60 Å². The first kappa shape index (κ1) is 19.6. The van der Waals surface area contributed by atoms with Crippen LogP contribution in [0, 0.1) is 0 Å². The third kappa shape index (κ3) is 8.89. The van der Waals surface area contributed by atoms with Gasteiger partial charge in [0.2, 0.25) is 0 Å². The van der Waals surface area contributed by atoms with E-state index in [4.69, 9.17) is 4.74 Å². The predicted molar refractivity (Wildman–Crippen MR) is 95.6 cm³/mol. The lowest BCUT2D eigenvalue weighted by molar-refractivity contribution is 0.0490. The van der Waals surface area contributed by atoms with E-state index in [2.05, 4.69) is 17.6 Å². The molecule has 0 heterocycles. The molecule has 5 heteroatoms. The van der Waals surface area contributed by atoms with Gasteiger partial charge in [-0.05, 0) is 58.1 Å². The Kier molecular flexibility index (Phi) is 9.25. The van der Waals surface area contributed by atoms with Gasteiger partial charge in [0, 0.05) is 12.1 Å². The number of thioether (sulfide) groups is 1. The van der Waals surface area contributed by atoms with Crippen molar-refractivity contribution in [2.75, 3.05) is 18.1 Å². The van der Waals surface area contributed by atoms with E-state index in [0.29, 0.717) is 6.04 Å². The maximum atomic E-state index is 12.0. The molecule has 1 aliphatic rings. The van der Waals surface area contributed by atoms with Crippen molar-refractivity contribution in [3.8, 4) is 0 Å². The minimum Gasteiger partial charge on any atom is -0.444 e. The quantitative estimate of drug-likeness (QED) is 0.548. The lowest BCUT2D eigenvalue weighted by Gasteiger charge is -2.29. The van der Waals surface area contributed by atoms with Crippen molar-refractivity contribution in [2.45, 2.75) is 83.9 Å². The zero-order valence-electron chi connectivity index (χ0n) is 14.7. The van der Waals surface area contributed by atoms with Gasteiger partial charge in [-0.2, -0.15) is 11.8 Å². The highest BCUT2D eigenvalue weighted by atomic mass is 32.2. The molecular weight excluding hydrogens is 296 g/mol. The molecule has 130 valence electrons. The van der Waals surface area contributed by atoms with Crippen LogP contribution in [0.5, 0.6) is 0 Å². The van der Waals surface area contributed by atoms with Crippen molar-refractivity contribution < 1.29 is 9.53 Å². The number of amides is 1. The van der Waals surface area contributed by atoms with E-state index in [0.717, 1.165) is 19.4 Å². The summed E-state index contributed by atoms with van der Waals surface area (Å²) in [6.07, 6.45) is 6.78. The highest BCUT2D eigenvalue weighted by molar-refractivity contribution is 7.99. The van der Waals surface area contributed by atoms with Gasteiger partial charge in [-0.25, -0.2) is 4.79 Å². The second kappa shape index (κ2) is 10.4. The van der Waals surface area contributed by atoms with Crippen LogP contribution in [0.15, 0.2) is 0 Å². The van der Waals surface area contributed by atoms with Crippen LogP contribution < -0.4 is 10.6 Å². The Hall–Kier alpha value is -0.420. The minimum absolute atomic E-state index is 0.191. The molecule has 1 fully saturated rings. The summed E-state index contributed by atoms with van der Waals surface area (Å²) in [6.45, 7) is 8.94. The molecule has 0 saturated heterocycles. The molecule has 0 aromatic heterocycles. The number of nitrogens with one attached hydrogen (secondary N) is 2. The van der Waals surface area contributed by atoms with Crippen LogP contribution in [-0.4, -0.2) is 41.8 Å². The highest BCUT2D eigenvalue weighted by Crippen LogP contribution is 2.19. The molecule has 2 atom stereocenters. The number of rotatable bonds is 7. The summed E-state index contributed by atoms with van der Waals surface area (Å²) in [7, 11) is 0. The second-order valence-electron chi connectivity index (χ2n) is 7.00. The van der Waals surface area contributed by atoms with Crippen molar-refractivity contribution in [3.05, 3.63) is 0 Å². The molecule has 0 aliphatic heterocycles. The van der Waals surface area contributed by atoms with E-state index in [9.17, 15) is 4.79 Å². The number of carbonyl (C=O) groups is 1. The van der Waals surface area contributed by atoms with E-state index in [1.54, 1.807) is 0 Å². The average Bonchev–Trinajstić information content (AvgIpc) is 2.62. The normalized spacial score (nSPS) is 22.9. The van der Waals surface area contributed by atoms with Crippen LogP contribution in [0.4, 0.5) is 4.79 Å². The number of hydrogen-bond donors (Lipinski definition) is 2. The van der Waals surface area contributed by atoms with Gasteiger partial charge < -0.3 is 15.4 Å². The summed E-state index contributed by atoms with van der Waals surface area (Å²) >= 11 is 1.99. The lowest BCUT2D eigenvalue weighted by atomic mass is 10.0. The average molecular weight is 331 g/mol. The molecule has 0 bridgehead atoms. The third-order valence-corrected chi connectivity index (χ3v) is 4.78. The minimum atomic E-state index is -0.435. The fourth-order valence-electron chi connectivity index (χ4n) is 2.79. The highest BCUT2D eigenvalue weighted by Gasteiger charge is 2.26. The van der Waals surface area contributed by atoms with E-state index >= 15 is 0 Å². The Morgan fingerprint density at radius 1 is 1.18 bits per heavy atom. The molecule has 0 spiro atoms. The summed E-state index contributed by atoms with van der Waals surface area (Å²) in [5, 5.41) is 6.74. The molecule has 0 aromatic rings. The van der Waals surface area contributed by atoms with Crippen LogP contribution in [0.1, 0.15) is 66.2 Å². The number of alkyl carbamates (subject to hydrolysis) is 1. The van der Waals surface area contributed by atoms with Crippen molar-refractivity contribution in [3.63, 3.8) is 0 Å². The van der Waals surface area contributed by atoms with Gasteiger partial charge in [-0.1, -0.05) is 26.2 Å². The molecule has 0 aromatic carbocycles. The van der Waals surface area contributed by atoms with Gasteiger partial charge in [0.05, 0.1) is 0 Å². The molecular formula is C17H34N2O2S. The zero-order valence-corrected chi connectivity index (χ0v) is 15.6. The van der Waals surface area contributed by atoms with Crippen LogP contribution in [0.25, 0.3) is 0 Å². The molecule has 0 radical (unpaired) electrons. The first-order valence-electron chi connectivity index (χ1n) is 8.73. The molecule has 1 rings (SSSR count). The Balaban J connectivity index is 2.42. The molecule has 2 unspecified atom stereocenters. The monoisotopic (exact) mass is 330 g/mol. The van der Waals surface area contributed by atoms with Gasteiger partial charge in [-0.3, -0.25) is 0 Å². The Labute approximate surface area is 140 Å². The Morgan fingerprint density at radius 3 is 2.50 bits per heavy atom. The summed E-state index contributed by atoms with van der Waals surface area (Å²) in [4.78, 5) is 12.0. The fraction of sp³-hybridized carbons (Fsp3) is 0.941. The fourth-order valence-corrected chi connectivity index (χ4v) is 3.43. The van der Waals surface area contributed by atoms with E-state index in [1.165, 1.54) is 37.2 Å². The SMILES string of the molecule is CCSCCCNC1CCCCCC1NC(=O)OC(C)(C)C. The van der Waals surface area contributed by atoms with Crippen molar-refractivity contribution in [1.82, 2.24) is 10.6 Å². The summed E-state index contributed by atoms with van der Waals surface area (Å²) in [5.41, 5.74) is -0.435. The first-order valence-corrected chi connectivity index (χ1v) is 9.88.